The minimum atomic E-state index is 0.121. The van der Waals surface area contributed by atoms with Gasteiger partial charge in [0.05, 0.1) is 5.56 Å². The molecule has 3 N–H and O–H groups in total. The molecular weight excluding hydrogens is 234 g/mol. The number of rotatable bonds is 6. The summed E-state index contributed by atoms with van der Waals surface area (Å²) in [5.41, 5.74) is 7.27. The van der Waals surface area contributed by atoms with E-state index in [1.54, 1.807) is 11.8 Å². The molecular formula is C12H19N3OS. The molecule has 0 unspecified atom stereocenters. The Morgan fingerprint density at radius 3 is 2.88 bits per heavy atom. The van der Waals surface area contributed by atoms with Crippen molar-refractivity contribution in [2.24, 2.45) is 10.9 Å². The van der Waals surface area contributed by atoms with Crippen LogP contribution in [-0.2, 0) is 0 Å². The van der Waals surface area contributed by atoms with Gasteiger partial charge in [0, 0.05) is 5.69 Å². The van der Waals surface area contributed by atoms with Crippen LogP contribution in [0.25, 0.3) is 0 Å². The number of aromatic nitrogens is 1. The van der Waals surface area contributed by atoms with Gasteiger partial charge in [-0.1, -0.05) is 24.9 Å². The van der Waals surface area contributed by atoms with Crippen LogP contribution in [0.2, 0.25) is 0 Å². The number of amidine groups is 1. The summed E-state index contributed by atoms with van der Waals surface area (Å²) in [6.07, 6.45) is 3.58. The van der Waals surface area contributed by atoms with E-state index in [4.69, 9.17) is 10.9 Å². The standard InChI is InChI=1S/C12H19N3OS/c1-3-4-5-8-17-12-10(11(13)15-16)7-6-9(2)14-12/h6-7,16H,3-5,8H2,1-2H3,(H2,13,15). The number of nitrogens with two attached hydrogens (primary N) is 1. The van der Waals surface area contributed by atoms with Gasteiger partial charge >= 0.3 is 0 Å². The van der Waals surface area contributed by atoms with Crippen molar-refractivity contribution in [3.63, 3.8) is 0 Å². The zero-order chi connectivity index (χ0) is 12.7. The van der Waals surface area contributed by atoms with Crippen LogP contribution >= 0.6 is 11.8 Å². The quantitative estimate of drug-likeness (QED) is 0.204. The maximum absolute atomic E-state index is 8.72. The third-order valence-corrected chi connectivity index (χ3v) is 3.45. The Labute approximate surface area is 106 Å². The number of nitrogens with zero attached hydrogens (tertiary/aromatic N) is 2. The first-order valence-electron chi connectivity index (χ1n) is 5.77. The summed E-state index contributed by atoms with van der Waals surface area (Å²) in [7, 11) is 0. The molecule has 4 nitrogen and oxygen atoms in total. The van der Waals surface area contributed by atoms with Crippen molar-refractivity contribution >= 4 is 17.6 Å². The van der Waals surface area contributed by atoms with E-state index in [1.807, 2.05) is 19.1 Å². The Morgan fingerprint density at radius 2 is 2.24 bits per heavy atom. The predicted octanol–water partition coefficient (Wildman–Crippen LogP) is 2.77. The topological polar surface area (TPSA) is 71.5 Å². The van der Waals surface area contributed by atoms with Crippen molar-refractivity contribution in [2.45, 2.75) is 38.1 Å². The first-order chi connectivity index (χ1) is 8.19. The lowest BCUT2D eigenvalue weighted by Gasteiger charge is -2.07. The smallest absolute Gasteiger partial charge is 0.172 e. The number of unbranched alkanes of at least 4 members (excludes halogenated alkanes) is 2. The second kappa shape index (κ2) is 7.17. The number of pyridine rings is 1. The van der Waals surface area contributed by atoms with Crippen molar-refractivity contribution in [3.8, 4) is 0 Å². The van der Waals surface area contributed by atoms with Crippen molar-refractivity contribution in [1.82, 2.24) is 4.98 Å². The third kappa shape index (κ3) is 4.26. The highest BCUT2D eigenvalue weighted by atomic mass is 32.2. The molecule has 5 heteroatoms. The van der Waals surface area contributed by atoms with Gasteiger partial charge in [0.1, 0.15) is 5.03 Å². The van der Waals surface area contributed by atoms with E-state index >= 15 is 0 Å². The fourth-order valence-corrected chi connectivity index (χ4v) is 2.49. The summed E-state index contributed by atoms with van der Waals surface area (Å²) in [6.45, 7) is 4.11. The van der Waals surface area contributed by atoms with Crippen molar-refractivity contribution in [1.29, 1.82) is 0 Å². The summed E-state index contributed by atoms with van der Waals surface area (Å²) < 4.78 is 0. The van der Waals surface area contributed by atoms with E-state index in [-0.39, 0.29) is 5.84 Å². The Balaban J connectivity index is 2.77. The van der Waals surface area contributed by atoms with Crippen LogP contribution in [0.15, 0.2) is 22.3 Å². The van der Waals surface area contributed by atoms with Crippen LogP contribution < -0.4 is 5.73 Å². The summed E-state index contributed by atoms with van der Waals surface area (Å²) in [5, 5.41) is 12.6. The van der Waals surface area contributed by atoms with E-state index in [0.717, 1.165) is 22.9 Å². The molecule has 0 radical (unpaired) electrons. The summed E-state index contributed by atoms with van der Waals surface area (Å²) in [6, 6.07) is 3.71. The fraction of sp³-hybridized carbons (Fsp3) is 0.500. The van der Waals surface area contributed by atoms with E-state index in [0.29, 0.717) is 5.56 Å². The predicted molar refractivity (Wildman–Crippen MR) is 71.7 cm³/mol. The van der Waals surface area contributed by atoms with Crippen LogP contribution in [0.5, 0.6) is 0 Å². The fourth-order valence-electron chi connectivity index (χ4n) is 1.41. The van der Waals surface area contributed by atoms with Crippen LogP contribution in [-0.4, -0.2) is 21.8 Å². The second-order valence-corrected chi connectivity index (χ2v) is 4.93. The lowest BCUT2D eigenvalue weighted by atomic mass is 10.2. The highest BCUT2D eigenvalue weighted by molar-refractivity contribution is 7.99. The minimum Gasteiger partial charge on any atom is -0.409 e. The van der Waals surface area contributed by atoms with Crippen LogP contribution in [0.4, 0.5) is 0 Å². The Morgan fingerprint density at radius 1 is 1.47 bits per heavy atom. The lowest BCUT2D eigenvalue weighted by Crippen LogP contribution is -2.15. The van der Waals surface area contributed by atoms with Gasteiger partial charge in [-0.2, -0.15) is 0 Å². The highest BCUT2D eigenvalue weighted by Crippen LogP contribution is 2.22. The van der Waals surface area contributed by atoms with Crippen molar-refractivity contribution in [3.05, 3.63) is 23.4 Å². The number of hydrogen-bond acceptors (Lipinski definition) is 4. The number of thioether (sulfide) groups is 1. The van der Waals surface area contributed by atoms with Crippen LogP contribution in [0.1, 0.15) is 37.4 Å². The van der Waals surface area contributed by atoms with E-state index in [9.17, 15) is 0 Å². The molecule has 0 fully saturated rings. The molecule has 0 aliphatic carbocycles. The van der Waals surface area contributed by atoms with Crippen molar-refractivity contribution < 1.29 is 5.21 Å². The molecule has 0 spiro atoms. The molecule has 0 aliphatic rings. The first kappa shape index (κ1) is 13.8. The highest BCUT2D eigenvalue weighted by Gasteiger charge is 2.09. The van der Waals surface area contributed by atoms with Crippen LogP contribution in [0.3, 0.4) is 0 Å². The van der Waals surface area contributed by atoms with Crippen LogP contribution in [0, 0.1) is 6.92 Å². The van der Waals surface area contributed by atoms with E-state index in [2.05, 4.69) is 17.1 Å². The molecule has 1 aromatic rings. The lowest BCUT2D eigenvalue weighted by molar-refractivity contribution is 0.318. The van der Waals surface area contributed by atoms with Gasteiger partial charge < -0.3 is 10.9 Å². The molecule has 1 rings (SSSR count). The monoisotopic (exact) mass is 253 g/mol. The molecule has 0 bridgehead atoms. The van der Waals surface area contributed by atoms with Gasteiger partial charge in [0.2, 0.25) is 0 Å². The van der Waals surface area contributed by atoms with Gasteiger partial charge in [0.25, 0.3) is 0 Å². The second-order valence-electron chi connectivity index (χ2n) is 3.85. The normalized spacial score (nSPS) is 11.8. The van der Waals surface area contributed by atoms with Gasteiger partial charge in [-0.15, -0.1) is 11.8 Å². The van der Waals surface area contributed by atoms with Crippen molar-refractivity contribution in [2.75, 3.05) is 5.75 Å². The maximum atomic E-state index is 8.72. The molecule has 0 saturated heterocycles. The number of oxime groups is 1. The summed E-state index contributed by atoms with van der Waals surface area (Å²) in [4.78, 5) is 4.43. The SMILES string of the molecule is CCCCCSc1nc(C)ccc1/C(N)=N/O. The molecule has 0 atom stereocenters. The van der Waals surface area contributed by atoms with Gasteiger partial charge in [-0.25, -0.2) is 4.98 Å². The molecule has 17 heavy (non-hydrogen) atoms. The Kier molecular flexibility index (Phi) is 5.83. The molecule has 0 aromatic carbocycles. The minimum absolute atomic E-state index is 0.121. The molecule has 1 heterocycles. The first-order valence-corrected chi connectivity index (χ1v) is 6.76. The Hall–Kier alpha value is -1.23. The van der Waals surface area contributed by atoms with Gasteiger partial charge in [-0.3, -0.25) is 0 Å². The number of aryl methyl sites for hydroxylation is 1. The van der Waals surface area contributed by atoms with Gasteiger partial charge in [-0.05, 0) is 31.2 Å². The molecule has 1 aromatic heterocycles. The molecule has 94 valence electrons. The zero-order valence-corrected chi connectivity index (χ0v) is 11.1. The van der Waals surface area contributed by atoms with E-state index < -0.39 is 0 Å². The molecule has 0 amide bonds. The third-order valence-electron chi connectivity index (χ3n) is 2.37. The molecule has 0 aliphatic heterocycles. The maximum Gasteiger partial charge on any atom is 0.172 e. The Bertz CT molecular complexity index is 393. The largest absolute Gasteiger partial charge is 0.409 e. The van der Waals surface area contributed by atoms with Gasteiger partial charge in [0.15, 0.2) is 5.84 Å². The molecule has 0 saturated carbocycles. The van der Waals surface area contributed by atoms with E-state index in [1.165, 1.54) is 12.8 Å². The average molecular weight is 253 g/mol. The number of hydrogen-bond donors (Lipinski definition) is 2. The summed E-state index contributed by atoms with van der Waals surface area (Å²) in [5.74, 6) is 1.13. The zero-order valence-electron chi connectivity index (χ0n) is 10.3. The average Bonchev–Trinajstić information content (AvgIpc) is 2.34. The summed E-state index contributed by atoms with van der Waals surface area (Å²) >= 11 is 1.66.